The number of nitrogens with one attached hydrogen (secondary N) is 3. The van der Waals surface area contributed by atoms with Gasteiger partial charge in [0.25, 0.3) is 0 Å². The van der Waals surface area contributed by atoms with Crippen molar-refractivity contribution in [1.82, 2.24) is 15.2 Å². The largest absolute Gasteiger partial charge is 0.497 e. The second kappa shape index (κ2) is 9.69. The van der Waals surface area contributed by atoms with Crippen molar-refractivity contribution in [2.45, 2.75) is 12.1 Å². The predicted molar refractivity (Wildman–Crippen MR) is 111 cm³/mol. The summed E-state index contributed by atoms with van der Waals surface area (Å²) in [7, 11) is 1.61. The molecule has 10 heteroatoms. The number of rotatable bonds is 8. The Morgan fingerprint density at radius 1 is 1.28 bits per heavy atom. The van der Waals surface area contributed by atoms with E-state index in [0.29, 0.717) is 16.8 Å². The number of hydrogen-bond donors (Lipinski definition) is 3. The summed E-state index contributed by atoms with van der Waals surface area (Å²) < 4.78 is 18.3. The standard InChI is InChI=1S/C19H19FN6O2S/c1-12(13-6-8-16(28-2)9-7-13)23-24-18-22-19(26-25-18)29-11-17(27)21-15-5-3-4-14(20)10-15/h3-10H,11H2,1-2H3,(H,21,27)(H2,22,24,25,26)/b23-12+. The van der Waals surface area contributed by atoms with E-state index in [0.717, 1.165) is 28.8 Å². The zero-order valence-electron chi connectivity index (χ0n) is 15.8. The maximum Gasteiger partial charge on any atom is 0.240 e. The lowest BCUT2D eigenvalue weighted by atomic mass is 10.1. The van der Waals surface area contributed by atoms with E-state index in [4.69, 9.17) is 4.74 Å². The van der Waals surface area contributed by atoms with Gasteiger partial charge in [-0.25, -0.2) is 14.9 Å². The third-order valence-corrected chi connectivity index (χ3v) is 4.59. The first-order valence-electron chi connectivity index (χ1n) is 8.59. The van der Waals surface area contributed by atoms with E-state index in [1.807, 2.05) is 31.2 Å². The first-order chi connectivity index (χ1) is 14.0. The van der Waals surface area contributed by atoms with Crippen LogP contribution in [0.5, 0.6) is 5.75 Å². The number of H-pyrrole nitrogens is 1. The molecule has 0 saturated carbocycles. The van der Waals surface area contributed by atoms with Crippen LogP contribution in [0.2, 0.25) is 0 Å². The number of methoxy groups -OCH3 is 1. The second-order valence-electron chi connectivity index (χ2n) is 5.85. The number of halogens is 1. The molecule has 3 N–H and O–H groups in total. The molecule has 0 saturated heterocycles. The number of anilines is 2. The van der Waals surface area contributed by atoms with Crippen molar-refractivity contribution in [2.24, 2.45) is 5.10 Å². The van der Waals surface area contributed by atoms with Crippen molar-refractivity contribution in [3.05, 3.63) is 59.9 Å². The molecule has 0 aliphatic rings. The third-order valence-electron chi connectivity index (χ3n) is 3.74. The topological polar surface area (TPSA) is 104 Å². The van der Waals surface area contributed by atoms with Crippen molar-refractivity contribution in [2.75, 3.05) is 23.6 Å². The Balaban J connectivity index is 1.50. The third kappa shape index (κ3) is 6.04. The first kappa shape index (κ1) is 20.3. The minimum absolute atomic E-state index is 0.0853. The Morgan fingerprint density at radius 2 is 2.07 bits per heavy atom. The quantitative estimate of drug-likeness (QED) is 0.296. The van der Waals surface area contributed by atoms with Gasteiger partial charge in [0.2, 0.25) is 17.0 Å². The minimum atomic E-state index is -0.411. The second-order valence-corrected chi connectivity index (χ2v) is 6.79. The van der Waals surface area contributed by atoms with Crippen LogP contribution in [0.25, 0.3) is 0 Å². The van der Waals surface area contributed by atoms with Gasteiger partial charge in [-0.2, -0.15) is 10.1 Å². The molecule has 3 aromatic rings. The molecule has 8 nitrogen and oxygen atoms in total. The highest BCUT2D eigenvalue weighted by Crippen LogP contribution is 2.16. The molecule has 1 aromatic heterocycles. The number of thioether (sulfide) groups is 1. The number of nitrogens with zero attached hydrogens (tertiary/aromatic N) is 3. The highest BCUT2D eigenvalue weighted by molar-refractivity contribution is 7.99. The van der Waals surface area contributed by atoms with Gasteiger partial charge in [0.15, 0.2) is 0 Å². The van der Waals surface area contributed by atoms with Crippen LogP contribution in [0.15, 0.2) is 58.8 Å². The highest BCUT2D eigenvalue weighted by atomic mass is 32.2. The molecule has 150 valence electrons. The predicted octanol–water partition coefficient (Wildman–Crippen LogP) is 3.52. The zero-order chi connectivity index (χ0) is 20.6. The van der Waals surface area contributed by atoms with Crippen LogP contribution in [0.4, 0.5) is 16.0 Å². The fourth-order valence-electron chi connectivity index (χ4n) is 2.29. The number of amides is 1. The maximum absolute atomic E-state index is 13.1. The smallest absolute Gasteiger partial charge is 0.240 e. The van der Waals surface area contributed by atoms with Crippen molar-refractivity contribution < 1.29 is 13.9 Å². The van der Waals surface area contributed by atoms with E-state index < -0.39 is 5.82 Å². The summed E-state index contributed by atoms with van der Waals surface area (Å²) in [6.07, 6.45) is 0. The summed E-state index contributed by atoms with van der Waals surface area (Å²) in [6, 6.07) is 13.2. The Kier molecular flexibility index (Phi) is 6.80. The average molecular weight is 414 g/mol. The number of carbonyl (C=O) groups excluding carboxylic acids is 1. The number of aromatic amines is 1. The van der Waals surface area contributed by atoms with E-state index in [2.05, 4.69) is 31.0 Å². The molecule has 0 fully saturated rings. The molecule has 0 spiro atoms. The van der Waals surface area contributed by atoms with Crippen molar-refractivity contribution >= 4 is 35.0 Å². The van der Waals surface area contributed by atoms with E-state index in [1.165, 1.54) is 18.2 Å². The molecule has 0 aliphatic heterocycles. The van der Waals surface area contributed by atoms with Gasteiger partial charge in [-0.1, -0.05) is 17.8 Å². The van der Waals surface area contributed by atoms with Crippen molar-refractivity contribution in [1.29, 1.82) is 0 Å². The number of benzene rings is 2. The Morgan fingerprint density at radius 3 is 2.79 bits per heavy atom. The van der Waals surface area contributed by atoms with Crippen LogP contribution in [0.3, 0.4) is 0 Å². The first-order valence-corrected chi connectivity index (χ1v) is 9.57. The lowest BCUT2D eigenvalue weighted by molar-refractivity contribution is -0.113. The number of carbonyl (C=O) groups is 1. The monoisotopic (exact) mass is 414 g/mol. The molecule has 0 atom stereocenters. The molecule has 0 unspecified atom stereocenters. The van der Waals surface area contributed by atoms with Crippen LogP contribution in [0, 0.1) is 5.82 Å². The molecular formula is C19H19FN6O2S. The van der Waals surface area contributed by atoms with E-state index in [-0.39, 0.29) is 11.7 Å². The van der Waals surface area contributed by atoms with Gasteiger partial charge in [-0.15, -0.1) is 5.10 Å². The number of hydrazone groups is 1. The SMILES string of the molecule is COc1ccc(/C(C)=N/Nc2nc(SCC(=O)Nc3cccc(F)c3)n[nH]2)cc1. The summed E-state index contributed by atoms with van der Waals surface area (Å²) in [5.41, 5.74) is 4.89. The number of aromatic nitrogens is 3. The summed E-state index contributed by atoms with van der Waals surface area (Å²) in [5, 5.41) is 14.0. The van der Waals surface area contributed by atoms with Crippen LogP contribution in [-0.2, 0) is 4.79 Å². The van der Waals surface area contributed by atoms with Crippen molar-refractivity contribution in [3.63, 3.8) is 0 Å². The van der Waals surface area contributed by atoms with E-state index >= 15 is 0 Å². The summed E-state index contributed by atoms with van der Waals surface area (Å²) in [4.78, 5) is 16.2. The Hall–Kier alpha value is -3.40. The molecular weight excluding hydrogens is 395 g/mol. The highest BCUT2D eigenvalue weighted by Gasteiger charge is 2.08. The van der Waals surface area contributed by atoms with Crippen LogP contribution in [0.1, 0.15) is 12.5 Å². The lowest BCUT2D eigenvalue weighted by Crippen LogP contribution is -2.14. The number of hydrogen-bond acceptors (Lipinski definition) is 7. The summed E-state index contributed by atoms with van der Waals surface area (Å²) in [5.74, 6) is 0.514. The van der Waals surface area contributed by atoms with Gasteiger partial charge in [0.1, 0.15) is 11.6 Å². The average Bonchev–Trinajstić information content (AvgIpc) is 3.18. The molecule has 2 aromatic carbocycles. The molecule has 0 bridgehead atoms. The molecule has 1 amide bonds. The van der Waals surface area contributed by atoms with Crippen LogP contribution >= 0.6 is 11.8 Å². The molecule has 3 rings (SSSR count). The number of ether oxygens (including phenoxy) is 1. The van der Waals surface area contributed by atoms with Gasteiger partial charge >= 0.3 is 0 Å². The van der Waals surface area contributed by atoms with Gasteiger partial charge in [-0.3, -0.25) is 4.79 Å². The fourth-order valence-corrected chi connectivity index (χ4v) is 2.89. The normalized spacial score (nSPS) is 11.2. The summed E-state index contributed by atoms with van der Waals surface area (Å²) >= 11 is 1.15. The Labute approximate surface area is 171 Å². The van der Waals surface area contributed by atoms with E-state index in [9.17, 15) is 9.18 Å². The lowest BCUT2D eigenvalue weighted by Gasteiger charge is -2.03. The van der Waals surface area contributed by atoms with Crippen molar-refractivity contribution in [3.8, 4) is 5.75 Å². The summed E-state index contributed by atoms with van der Waals surface area (Å²) in [6.45, 7) is 1.86. The Bertz CT molecular complexity index is 1010. The van der Waals surface area contributed by atoms with Crippen LogP contribution in [-0.4, -0.2) is 39.7 Å². The maximum atomic E-state index is 13.1. The van der Waals surface area contributed by atoms with Gasteiger partial charge < -0.3 is 10.1 Å². The zero-order valence-corrected chi connectivity index (χ0v) is 16.6. The minimum Gasteiger partial charge on any atom is -0.497 e. The molecule has 29 heavy (non-hydrogen) atoms. The van der Waals surface area contributed by atoms with Gasteiger partial charge in [0.05, 0.1) is 18.6 Å². The molecule has 0 aliphatic carbocycles. The molecule has 0 radical (unpaired) electrons. The van der Waals surface area contributed by atoms with Gasteiger partial charge in [0, 0.05) is 5.69 Å². The van der Waals surface area contributed by atoms with E-state index in [1.54, 1.807) is 13.2 Å². The van der Waals surface area contributed by atoms with Gasteiger partial charge in [-0.05, 0) is 55.0 Å². The fraction of sp³-hybridized carbons (Fsp3) is 0.158. The molecule has 1 heterocycles. The van der Waals surface area contributed by atoms with Crippen LogP contribution < -0.4 is 15.5 Å².